The molecule has 0 atom stereocenters. The number of thioether (sulfide) groups is 1. The molecule has 0 aromatic heterocycles. The van der Waals surface area contributed by atoms with Crippen molar-refractivity contribution < 1.29 is 13.5 Å². The highest BCUT2D eigenvalue weighted by molar-refractivity contribution is 14.0. The van der Waals surface area contributed by atoms with E-state index < -0.39 is 6.61 Å². The predicted octanol–water partition coefficient (Wildman–Crippen LogP) is 3.81. The lowest BCUT2D eigenvalue weighted by Crippen LogP contribution is -2.50. The van der Waals surface area contributed by atoms with Crippen LogP contribution in [0.3, 0.4) is 0 Å². The van der Waals surface area contributed by atoms with Gasteiger partial charge in [0, 0.05) is 37.2 Å². The standard InChI is InChI=1S/C16H23F2N3OS.HI/c1-16(2)11-21(7-8-23-16)15(19-3)20-10-12-5-4-6-13(9-12)22-14(17)18;/h4-6,9,14H,7-8,10-11H2,1-3H3,(H,19,20);1H. The van der Waals surface area contributed by atoms with Gasteiger partial charge in [-0.3, -0.25) is 4.99 Å². The molecule has 1 aliphatic heterocycles. The minimum absolute atomic E-state index is 0. The Bertz CT molecular complexity index is 558. The molecule has 136 valence electrons. The summed E-state index contributed by atoms with van der Waals surface area (Å²) in [6.45, 7) is 4.02. The van der Waals surface area contributed by atoms with Crippen molar-refractivity contribution in [1.82, 2.24) is 10.2 Å². The Hall–Kier alpha value is -0.770. The van der Waals surface area contributed by atoms with Crippen LogP contribution in [0.2, 0.25) is 0 Å². The normalized spacial score (nSPS) is 17.4. The van der Waals surface area contributed by atoms with Gasteiger partial charge in [0.15, 0.2) is 5.96 Å². The van der Waals surface area contributed by atoms with E-state index in [0.29, 0.717) is 6.54 Å². The number of nitrogens with one attached hydrogen (secondary N) is 1. The van der Waals surface area contributed by atoms with Crippen LogP contribution < -0.4 is 10.1 Å². The molecular formula is C16H24F2IN3OS. The van der Waals surface area contributed by atoms with Crippen molar-refractivity contribution >= 4 is 41.7 Å². The molecule has 8 heteroatoms. The second-order valence-electron chi connectivity index (χ2n) is 5.96. The van der Waals surface area contributed by atoms with E-state index in [2.05, 4.69) is 33.8 Å². The Kier molecular flexibility index (Phi) is 8.55. The third-order valence-electron chi connectivity index (χ3n) is 3.51. The fraction of sp³-hybridized carbons (Fsp3) is 0.562. The van der Waals surface area contributed by atoms with E-state index in [9.17, 15) is 8.78 Å². The summed E-state index contributed by atoms with van der Waals surface area (Å²) in [6.07, 6.45) is 0. The van der Waals surface area contributed by atoms with Crippen molar-refractivity contribution in [1.29, 1.82) is 0 Å². The highest BCUT2D eigenvalue weighted by atomic mass is 127. The first kappa shape index (κ1) is 21.3. The third-order valence-corrected chi connectivity index (χ3v) is 4.81. The van der Waals surface area contributed by atoms with Crippen LogP contribution in [0.4, 0.5) is 8.78 Å². The molecule has 0 unspecified atom stereocenters. The number of nitrogens with zero attached hydrogens (tertiary/aromatic N) is 2. The molecule has 0 bridgehead atoms. The molecule has 24 heavy (non-hydrogen) atoms. The smallest absolute Gasteiger partial charge is 0.387 e. The first-order chi connectivity index (χ1) is 10.9. The fourth-order valence-electron chi connectivity index (χ4n) is 2.54. The summed E-state index contributed by atoms with van der Waals surface area (Å²) in [5.41, 5.74) is 0.870. The van der Waals surface area contributed by atoms with Crippen molar-refractivity contribution in [2.75, 3.05) is 25.9 Å². The van der Waals surface area contributed by atoms with Gasteiger partial charge in [-0.1, -0.05) is 12.1 Å². The van der Waals surface area contributed by atoms with Crippen molar-refractivity contribution in [3.05, 3.63) is 29.8 Å². The van der Waals surface area contributed by atoms with Crippen LogP contribution >= 0.6 is 35.7 Å². The Labute approximate surface area is 163 Å². The van der Waals surface area contributed by atoms with Crippen LogP contribution in [0, 0.1) is 0 Å². The van der Waals surface area contributed by atoms with Gasteiger partial charge in [-0.05, 0) is 31.5 Å². The average Bonchev–Trinajstić information content (AvgIpc) is 2.46. The highest BCUT2D eigenvalue weighted by Crippen LogP contribution is 2.29. The molecule has 4 nitrogen and oxygen atoms in total. The second kappa shape index (κ2) is 9.65. The van der Waals surface area contributed by atoms with Gasteiger partial charge in [0.1, 0.15) is 5.75 Å². The van der Waals surface area contributed by atoms with Gasteiger partial charge >= 0.3 is 6.61 Å². The maximum Gasteiger partial charge on any atom is 0.387 e. The summed E-state index contributed by atoms with van der Waals surface area (Å²) in [6, 6.07) is 6.71. The minimum atomic E-state index is -2.81. The number of rotatable bonds is 4. The van der Waals surface area contributed by atoms with Gasteiger partial charge in [0.2, 0.25) is 0 Å². The Morgan fingerprint density at radius 3 is 2.83 bits per heavy atom. The molecule has 1 aromatic carbocycles. The molecule has 0 radical (unpaired) electrons. The largest absolute Gasteiger partial charge is 0.435 e. The number of alkyl halides is 2. The number of halogens is 3. The number of hydrogen-bond donors (Lipinski definition) is 1. The van der Waals surface area contributed by atoms with E-state index >= 15 is 0 Å². The molecule has 1 N–H and O–H groups in total. The number of ether oxygens (including phenoxy) is 1. The van der Waals surface area contributed by atoms with Gasteiger partial charge in [-0.25, -0.2) is 0 Å². The summed E-state index contributed by atoms with van der Waals surface area (Å²) in [4.78, 5) is 6.57. The SMILES string of the molecule is CN=C(NCc1cccc(OC(F)F)c1)N1CCSC(C)(C)C1.I. The van der Waals surface area contributed by atoms with Crippen LogP contribution in [0.15, 0.2) is 29.3 Å². The zero-order chi connectivity index (χ0) is 16.9. The third kappa shape index (κ3) is 6.62. The molecule has 1 aromatic rings. The van der Waals surface area contributed by atoms with E-state index in [4.69, 9.17) is 0 Å². The molecule has 0 saturated carbocycles. The van der Waals surface area contributed by atoms with Gasteiger partial charge in [0.05, 0.1) is 0 Å². The molecule has 0 spiro atoms. The highest BCUT2D eigenvalue weighted by Gasteiger charge is 2.28. The topological polar surface area (TPSA) is 36.9 Å². The summed E-state index contributed by atoms with van der Waals surface area (Å²) in [5, 5.41) is 3.30. The quantitative estimate of drug-likeness (QED) is 0.412. The first-order valence-electron chi connectivity index (χ1n) is 7.53. The fourth-order valence-corrected chi connectivity index (χ4v) is 3.65. The predicted molar refractivity (Wildman–Crippen MR) is 107 cm³/mol. The van der Waals surface area contributed by atoms with Crippen molar-refractivity contribution in [2.24, 2.45) is 4.99 Å². The lowest BCUT2D eigenvalue weighted by molar-refractivity contribution is -0.0498. The lowest BCUT2D eigenvalue weighted by atomic mass is 10.2. The van der Waals surface area contributed by atoms with E-state index in [0.717, 1.165) is 30.4 Å². The van der Waals surface area contributed by atoms with Gasteiger partial charge in [-0.15, -0.1) is 24.0 Å². The van der Waals surface area contributed by atoms with Crippen LogP contribution in [0.25, 0.3) is 0 Å². The van der Waals surface area contributed by atoms with E-state index in [1.165, 1.54) is 6.07 Å². The van der Waals surface area contributed by atoms with Crippen molar-refractivity contribution in [2.45, 2.75) is 31.8 Å². The van der Waals surface area contributed by atoms with Crippen LogP contribution in [0.1, 0.15) is 19.4 Å². The average molecular weight is 471 g/mol. The number of benzene rings is 1. The second-order valence-corrected chi connectivity index (χ2v) is 7.76. The van der Waals surface area contributed by atoms with E-state index in [-0.39, 0.29) is 34.5 Å². The molecule has 2 rings (SSSR count). The minimum Gasteiger partial charge on any atom is -0.435 e. The van der Waals surface area contributed by atoms with Crippen molar-refractivity contribution in [3.8, 4) is 5.75 Å². The van der Waals surface area contributed by atoms with E-state index in [1.54, 1.807) is 19.2 Å². The van der Waals surface area contributed by atoms with Gasteiger partial charge in [0.25, 0.3) is 0 Å². The summed E-state index contributed by atoms with van der Waals surface area (Å²) in [5.74, 6) is 2.06. The zero-order valence-electron chi connectivity index (χ0n) is 14.1. The first-order valence-corrected chi connectivity index (χ1v) is 8.51. The Balaban J connectivity index is 0.00000288. The van der Waals surface area contributed by atoms with Crippen LogP contribution in [-0.4, -0.2) is 48.1 Å². The molecular weight excluding hydrogens is 447 g/mol. The number of hydrogen-bond acceptors (Lipinski definition) is 3. The maximum atomic E-state index is 12.3. The summed E-state index contributed by atoms with van der Waals surface area (Å²) < 4.78 is 29.2. The van der Waals surface area contributed by atoms with Gasteiger partial charge in [-0.2, -0.15) is 20.5 Å². The molecule has 1 saturated heterocycles. The molecule has 0 aliphatic carbocycles. The summed E-state index contributed by atoms with van der Waals surface area (Å²) >= 11 is 1.96. The Morgan fingerprint density at radius 1 is 1.46 bits per heavy atom. The number of guanidine groups is 1. The molecule has 1 fully saturated rings. The van der Waals surface area contributed by atoms with Crippen molar-refractivity contribution in [3.63, 3.8) is 0 Å². The van der Waals surface area contributed by atoms with Crippen LogP contribution in [-0.2, 0) is 6.54 Å². The summed E-state index contributed by atoms with van der Waals surface area (Å²) in [7, 11) is 1.76. The molecule has 1 heterocycles. The Morgan fingerprint density at radius 2 is 2.21 bits per heavy atom. The molecule has 0 amide bonds. The lowest BCUT2D eigenvalue weighted by Gasteiger charge is -2.39. The number of aliphatic imine (C=N–C) groups is 1. The zero-order valence-corrected chi connectivity index (χ0v) is 17.2. The molecule has 1 aliphatic rings. The van der Waals surface area contributed by atoms with Crippen LogP contribution in [0.5, 0.6) is 5.75 Å². The monoisotopic (exact) mass is 471 g/mol. The van der Waals surface area contributed by atoms with E-state index in [1.807, 2.05) is 17.8 Å². The van der Waals surface area contributed by atoms with Gasteiger partial charge < -0.3 is 15.0 Å². The maximum absolute atomic E-state index is 12.3.